The Morgan fingerprint density at radius 1 is 0.568 bits per heavy atom. The second-order valence-corrected chi connectivity index (χ2v) is 22.7. The Balaban J connectivity index is 0.000000144. The molecule has 2 saturated heterocycles. The van der Waals surface area contributed by atoms with Crippen molar-refractivity contribution in [3.8, 4) is 56.3 Å². The van der Waals surface area contributed by atoms with Gasteiger partial charge in [0.15, 0.2) is 0 Å². The summed E-state index contributed by atoms with van der Waals surface area (Å²) in [5.41, 5.74) is 11.6. The van der Waals surface area contributed by atoms with Crippen LogP contribution in [-0.2, 0) is 4.74 Å². The number of carbonyl (C=O) groups is 3. The van der Waals surface area contributed by atoms with E-state index in [0.717, 1.165) is 133 Å². The molecule has 10 heterocycles. The van der Waals surface area contributed by atoms with Crippen molar-refractivity contribution in [1.82, 2.24) is 65.3 Å². The molecular formula is C66H65N13O9. The van der Waals surface area contributed by atoms with Crippen LogP contribution in [0.3, 0.4) is 0 Å². The number of carboxylic acid groups (broad SMARTS) is 1. The number of amides is 2. The van der Waals surface area contributed by atoms with Crippen LogP contribution in [0.15, 0.2) is 106 Å². The molecule has 0 bridgehead atoms. The van der Waals surface area contributed by atoms with Crippen LogP contribution >= 0.6 is 0 Å². The standard InChI is InChI=1S/C30H27N7O3.C26H19N5O4.C10H19NO2/c1-16-25(17(2)40-36-16)21-14-23-20(15-24(21)39-3)26-27(19-8-9-32-22-7-5-4-6-18(19)22)34-29(35-28(26)33-23)30(38)37-12-10-31-11-13-37;1-12-21(13(2)35-31-12)17-10-19-16(11-20(17)34-3)22-23(29-25(26(32)33)30-24(22)28-19)15-8-9-27-18-7-5-4-6-14(15)18;1-10(2,3)13-9(12)11-7-5-4-6-8-11/h4-9,14-15,31H,10-13H2,1-3H3,(H,33,34,35);4-11H,1-3H3,(H,32,33)(H,28,29,30);4-8H2,1-3H3. The van der Waals surface area contributed by atoms with Gasteiger partial charge in [-0.25, -0.2) is 29.5 Å². The average molecular weight is 1180 g/mol. The number of carboxylic acids is 1. The molecule has 22 nitrogen and oxygen atoms in total. The number of piperazine rings is 1. The molecule has 14 rings (SSSR count). The van der Waals surface area contributed by atoms with Gasteiger partial charge in [-0.15, -0.1) is 0 Å². The molecule has 8 aromatic heterocycles. The first-order chi connectivity index (χ1) is 42.5. The summed E-state index contributed by atoms with van der Waals surface area (Å²) in [7, 11) is 3.25. The number of hydrogen-bond acceptors (Lipinski definition) is 17. The Hall–Kier alpha value is -10.4. The monoisotopic (exact) mass is 1180 g/mol. The number of carbonyl (C=O) groups excluding carboxylic acids is 2. The first kappa shape index (κ1) is 58.1. The predicted octanol–water partition coefficient (Wildman–Crippen LogP) is 12.4. The maximum atomic E-state index is 13.6. The molecule has 4 N–H and O–H groups in total. The number of hydrogen-bond donors (Lipinski definition) is 4. The smallest absolute Gasteiger partial charge is 0.410 e. The molecule has 0 radical (unpaired) electrons. The predicted molar refractivity (Wildman–Crippen MR) is 335 cm³/mol. The van der Waals surface area contributed by atoms with Crippen LogP contribution < -0.4 is 14.8 Å². The maximum absolute atomic E-state index is 13.6. The number of aryl methyl sites for hydroxylation is 4. The zero-order valence-corrected chi connectivity index (χ0v) is 50.3. The quantitative estimate of drug-likeness (QED) is 0.110. The molecule has 4 aromatic carbocycles. The number of aromatic nitrogens is 10. The largest absolute Gasteiger partial charge is 0.496 e. The number of aromatic amines is 2. The van der Waals surface area contributed by atoms with E-state index in [2.05, 4.69) is 45.5 Å². The molecule has 0 unspecified atom stereocenters. The normalized spacial score (nSPS) is 13.6. The van der Waals surface area contributed by atoms with E-state index in [1.807, 2.05) is 133 Å². The zero-order chi connectivity index (χ0) is 61.5. The van der Waals surface area contributed by atoms with E-state index in [4.69, 9.17) is 33.2 Å². The van der Waals surface area contributed by atoms with Crippen LogP contribution in [0.1, 0.15) is 84.2 Å². The molecule has 2 aliphatic heterocycles. The Morgan fingerprint density at radius 2 is 1.05 bits per heavy atom. The summed E-state index contributed by atoms with van der Waals surface area (Å²) in [6, 6.07) is 27.2. The Kier molecular flexibility index (Phi) is 15.7. The number of nitrogens with zero attached hydrogens (tertiary/aromatic N) is 10. The second kappa shape index (κ2) is 23.8. The summed E-state index contributed by atoms with van der Waals surface area (Å²) in [5, 5.41) is 26.2. The molecular weight excluding hydrogens is 1120 g/mol. The lowest BCUT2D eigenvalue weighted by molar-refractivity contribution is 0.0215. The average Bonchev–Trinajstić information content (AvgIpc) is 1.60. The number of para-hydroxylation sites is 2. The molecule has 0 atom stereocenters. The van der Waals surface area contributed by atoms with E-state index in [0.29, 0.717) is 64.2 Å². The molecule has 0 saturated carbocycles. The van der Waals surface area contributed by atoms with Crippen LogP contribution in [0.4, 0.5) is 4.79 Å². The highest BCUT2D eigenvalue weighted by atomic mass is 16.6. The van der Waals surface area contributed by atoms with Gasteiger partial charge in [-0.05, 0) is 116 Å². The number of piperidine rings is 1. The molecule has 88 heavy (non-hydrogen) atoms. The molecule has 2 aliphatic rings. The number of rotatable bonds is 8. The summed E-state index contributed by atoms with van der Waals surface area (Å²) < 4.78 is 27.7. The van der Waals surface area contributed by atoms with E-state index in [1.54, 1.807) is 36.4 Å². The number of H-pyrrole nitrogens is 2. The summed E-state index contributed by atoms with van der Waals surface area (Å²) >= 11 is 0. The third-order valence-electron chi connectivity index (χ3n) is 15.8. The number of likely N-dealkylation sites (tertiary alicyclic amines) is 1. The van der Waals surface area contributed by atoms with E-state index in [1.165, 1.54) is 6.42 Å². The van der Waals surface area contributed by atoms with Gasteiger partial charge in [0.25, 0.3) is 5.91 Å². The number of benzene rings is 4. The highest BCUT2D eigenvalue weighted by Gasteiger charge is 2.29. The van der Waals surface area contributed by atoms with Gasteiger partial charge in [0.1, 0.15) is 39.9 Å². The highest BCUT2D eigenvalue weighted by Crippen LogP contribution is 2.44. The van der Waals surface area contributed by atoms with Crippen LogP contribution in [-0.4, -0.2) is 142 Å². The van der Waals surface area contributed by atoms with Gasteiger partial charge in [0.05, 0.1) is 69.9 Å². The van der Waals surface area contributed by atoms with E-state index < -0.39 is 5.97 Å². The van der Waals surface area contributed by atoms with Gasteiger partial charge in [-0.3, -0.25) is 14.8 Å². The van der Waals surface area contributed by atoms with E-state index >= 15 is 0 Å². The summed E-state index contributed by atoms with van der Waals surface area (Å²) in [5.74, 6) is 1.16. The van der Waals surface area contributed by atoms with Crippen molar-refractivity contribution in [3.05, 3.63) is 132 Å². The van der Waals surface area contributed by atoms with Crippen LogP contribution in [0.5, 0.6) is 11.5 Å². The topological polar surface area (TPSA) is 279 Å². The summed E-state index contributed by atoms with van der Waals surface area (Å²) in [4.78, 5) is 74.9. The molecule has 22 heteroatoms. The fourth-order valence-electron chi connectivity index (χ4n) is 11.7. The number of nitrogens with one attached hydrogen (secondary N) is 3. The van der Waals surface area contributed by atoms with Gasteiger partial charge in [-0.2, -0.15) is 0 Å². The number of fused-ring (bicyclic) bond motifs is 8. The third-order valence-corrected chi connectivity index (χ3v) is 15.8. The van der Waals surface area contributed by atoms with Crippen molar-refractivity contribution in [1.29, 1.82) is 0 Å². The number of pyridine rings is 2. The number of methoxy groups -OCH3 is 2. The van der Waals surface area contributed by atoms with Crippen LogP contribution in [0, 0.1) is 27.7 Å². The number of aromatic carboxylic acids is 1. The minimum atomic E-state index is -1.21. The molecule has 0 aliphatic carbocycles. The van der Waals surface area contributed by atoms with E-state index in [-0.39, 0.29) is 29.3 Å². The first-order valence-electron chi connectivity index (χ1n) is 29.1. The SMILES string of the molecule is CC(C)(C)OC(=O)N1CCCCC1.COc1cc2c(cc1-c1c(C)noc1C)[nH]c1nc(C(=O)N3CCNCC3)nc(-c3ccnc4ccccc34)c12.COc1cc2c(cc1-c1c(C)noc1C)[nH]c1nc(C(=O)O)nc(-c3ccnc4ccccc34)c12. The van der Waals surface area contributed by atoms with Gasteiger partial charge in [0, 0.05) is 106 Å². The molecule has 2 amide bonds. The Morgan fingerprint density at radius 3 is 1.50 bits per heavy atom. The summed E-state index contributed by atoms with van der Waals surface area (Å²) in [6.45, 7) is 17.6. The van der Waals surface area contributed by atoms with Crippen LogP contribution in [0.25, 0.3) is 110 Å². The van der Waals surface area contributed by atoms with Gasteiger partial charge in [-0.1, -0.05) is 46.7 Å². The van der Waals surface area contributed by atoms with Crippen molar-refractivity contribution in [2.75, 3.05) is 53.5 Å². The lowest BCUT2D eigenvalue weighted by Gasteiger charge is -2.29. The maximum Gasteiger partial charge on any atom is 0.410 e. The van der Waals surface area contributed by atoms with Gasteiger partial charge < -0.3 is 53.4 Å². The lowest BCUT2D eigenvalue weighted by Crippen LogP contribution is -2.46. The van der Waals surface area contributed by atoms with E-state index in [9.17, 15) is 19.5 Å². The third kappa shape index (κ3) is 11.1. The van der Waals surface area contributed by atoms with Gasteiger partial charge >= 0.3 is 12.1 Å². The molecule has 12 aromatic rings. The van der Waals surface area contributed by atoms with Crippen molar-refractivity contribution in [2.45, 2.75) is 73.3 Å². The molecule has 2 fully saturated rings. The molecule has 448 valence electrons. The van der Waals surface area contributed by atoms with Crippen molar-refractivity contribution in [2.24, 2.45) is 0 Å². The molecule has 0 spiro atoms. The first-order valence-corrected chi connectivity index (χ1v) is 29.1. The van der Waals surface area contributed by atoms with Crippen molar-refractivity contribution < 1.29 is 42.7 Å². The fourth-order valence-corrected chi connectivity index (χ4v) is 11.7. The highest BCUT2D eigenvalue weighted by molar-refractivity contribution is 6.18. The minimum Gasteiger partial charge on any atom is -0.496 e. The van der Waals surface area contributed by atoms with Gasteiger partial charge in [0.2, 0.25) is 11.6 Å². The fraction of sp³-hybridized carbons (Fsp3) is 0.288. The lowest BCUT2D eigenvalue weighted by atomic mass is 9.99. The zero-order valence-electron chi connectivity index (χ0n) is 50.3. The van der Waals surface area contributed by atoms with Crippen molar-refractivity contribution in [3.63, 3.8) is 0 Å². The van der Waals surface area contributed by atoms with Crippen LogP contribution in [0.2, 0.25) is 0 Å². The second-order valence-electron chi connectivity index (χ2n) is 22.7. The van der Waals surface area contributed by atoms with Crippen molar-refractivity contribution >= 4 is 83.6 Å². The Labute approximate surface area is 504 Å². The minimum absolute atomic E-state index is 0.160. The Bertz CT molecular complexity index is 4630. The number of ether oxygens (including phenoxy) is 3. The summed E-state index contributed by atoms with van der Waals surface area (Å²) in [6.07, 6.45) is 6.76.